The Hall–Kier alpha value is -2.47. The minimum absolute atomic E-state index is 0.107. The van der Waals surface area contributed by atoms with Crippen LogP contribution in [-0.4, -0.2) is 21.2 Å². The van der Waals surface area contributed by atoms with E-state index in [9.17, 15) is 9.59 Å². The quantitative estimate of drug-likeness (QED) is 0.796. The predicted octanol–water partition coefficient (Wildman–Crippen LogP) is 3.34. The number of anilines is 1. The number of Topliss-reactive ketones (excluding diaryl/α,β-unsaturated/α-hetero) is 1. The zero-order chi connectivity index (χ0) is 16.7. The second kappa shape index (κ2) is 5.87. The van der Waals surface area contributed by atoms with Crippen LogP contribution in [0.5, 0.6) is 0 Å². The van der Waals surface area contributed by atoms with Gasteiger partial charge in [0.05, 0.1) is 17.0 Å². The predicted molar refractivity (Wildman–Crippen MR) is 94.6 cm³/mol. The van der Waals surface area contributed by atoms with Gasteiger partial charge in [-0.05, 0) is 24.5 Å². The number of nitrogens with zero attached hydrogens (tertiary/aromatic N) is 2. The Labute approximate surface area is 143 Å². The summed E-state index contributed by atoms with van der Waals surface area (Å²) >= 11 is 1.29. The van der Waals surface area contributed by atoms with Crippen LogP contribution in [0, 0.1) is 0 Å². The highest BCUT2D eigenvalue weighted by atomic mass is 32.1. The van der Waals surface area contributed by atoms with Gasteiger partial charge in [0.1, 0.15) is 0 Å². The lowest BCUT2D eigenvalue weighted by Gasteiger charge is -2.05. The maximum atomic E-state index is 12.4. The number of ketones is 1. The van der Waals surface area contributed by atoms with Crippen LogP contribution in [0.25, 0.3) is 10.9 Å². The van der Waals surface area contributed by atoms with E-state index in [0.29, 0.717) is 22.9 Å². The lowest BCUT2D eigenvalue weighted by atomic mass is 10.0. The first-order valence-corrected chi connectivity index (χ1v) is 8.79. The van der Waals surface area contributed by atoms with Crippen LogP contribution in [0.1, 0.15) is 33.8 Å². The molecule has 1 aliphatic rings. The van der Waals surface area contributed by atoms with Gasteiger partial charge in [-0.1, -0.05) is 29.5 Å². The second-order valence-electron chi connectivity index (χ2n) is 6.08. The molecule has 6 heteroatoms. The third-order valence-corrected chi connectivity index (χ3v) is 5.40. The number of aryl methyl sites for hydroxylation is 2. The first-order valence-electron chi connectivity index (χ1n) is 7.97. The summed E-state index contributed by atoms with van der Waals surface area (Å²) in [6.45, 7) is 0. The standard InChI is InChI=1S/C18H17N3O2S/c1-21-10-11(12-5-2-3-7-14(12)21)9-16(23)20-18-19-13-6-4-8-15(22)17(13)24-18/h2-3,5,7,10H,4,6,8-9H2,1H3,(H,19,20,23). The molecular weight excluding hydrogens is 322 g/mol. The molecule has 0 saturated heterocycles. The van der Waals surface area contributed by atoms with Gasteiger partial charge in [-0.3, -0.25) is 9.59 Å². The highest BCUT2D eigenvalue weighted by Gasteiger charge is 2.23. The van der Waals surface area contributed by atoms with Crippen LogP contribution in [0.2, 0.25) is 0 Å². The Morgan fingerprint density at radius 2 is 2.17 bits per heavy atom. The lowest BCUT2D eigenvalue weighted by Crippen LogP contribution is -2.14. The number of para-hydroxylation sites is 1. The Morgan fingerprint density at radius 1 is 1.33 bits per heavy atom. The third kappa shape index (κ3) is 2.63. The largest absolute Gasteiger partial charge is 0.350 e. The zero-order valence-corrected chi connectivity index (χ0v) is 14.2. The summed E-state index contributed by atoms with van der Waals surface area (Å²) < 4.78 is 2.03. The molecule has 2 aromatic heterocycles. The molecule has 0 fully saturated rings. The zero-order valence-electron chi connectivity index (χ0n) is 13.3. The van der Waals surface area contributed by atoms with Gasteiger partial charge >= 0.3 is 0 Å². The van der Waals surface area contributed by atoms with Crippen molar-refractivity contribution in [2.24, 2.45) is 7.05 Å². The molecule has 0 radical (unpaired) electrons. The number of carbonyl (C=O) groups is 2. The van der Waals surface area contributed by atoms with Gasteiger partial charge in [-0.2, -0.15) is 0 Å². The number of carbonyl (C=O) groups excluding carboxylic acids is 2. The molecule has 0 spiro atoms. The SMILES string of the molecule is Cn1cc(CC(=O)Nc2nc3c(s2)C(=O)CCC3)c2ccccc21. The number of hydrogen-bond donors (Lipinski definition) is 1. The number of nitrogens with one attached hydrogen (secondary N) is 1. The monoisotopic (exact) mass is 339 g/mol. The molecule has 4 rings (SSSR count). The van der Waals surface area contributed by atoms with E-state index in [2.05, 4.69) is 10.3 Å². The van der Waals surface area contributed by atoms with E-state index in [1.54, 1.807) is 0 Å². The number of amides is 1. The second-order valence-corrected chi connectivity index (χ2v) is 7.08. The maximum Gasteiger partial charge on any atom is 0.230 e. The fourth-order valence-corrected chi connectivity index (χ4v) is 4.22. The Morgan fingerprint density at radius 3 is 3.00 bits per heavy atom. The third-order valence-electron chi connectivity index (χ3n) is 4.34. The summed E-state index contributed by atoms with van der Waals surface area (Å²) in [7, 11) is 1.98. The van der Waals surface area contributed by atoms with Crippen molar-refractivity contribution in [1.29, 1.82) is 0 Å². The van der Waals surface area contributed by atoms with Crippen molar-refractivity contribution >= 4 is 39.1 Å². The summed E-state index contributed by atoms with van der Waals surface area (Å²) in [5.74, 6) is 0.0354. The molecule has 5 nitrogen and oxygen atoms in total. The average molecular weight is 339 g/mol. The maximum absolute atomic E-state index is 12.4. The van der Waals surface area contributed by atoms with E-state index in [-0.39, 0.29) is 11.7 Å². The van der Waals surface area contributed by atoms with Gasteiger partial charge in [0.2, 0.25) is 5.91 Å². The van der Waals surface area contributed by atoms with Gasteiger partial charge in [0.15, 0.2) is 10.9 Å². The Balaban J connectivity index is 1.53. The van der Waals surface area contributed by atoms with Crippen LogP contribution < -0.4 is 5.32 Å². The highest BCUT2D eigenvalue weighted by Crippen LogP contribution is 2.30. The molecule has 0 aliphatic heterocycles. The van der Waals surface area contributed by atoms with Gasteiger partial charge in [0.25, 0.3) is 0 Å². The van der Waals surface area contributed by atoms with Crippen molar-refractivity contribution in [2.45, 2.75) is 25.7 Å². The van der Waals surface area contributed by atoms with Crippen LogP contribution in [-0.2, 0) is 24.7 Å². The average Bonchev–Trinajstić information content (AvgIpc) is 3.10. The molecule has 2 heterocycles. The van der Waals surface area contributed by atoms with Crippen molar-refractivity contribution in [2.75, 3.05) is 5.32 Å². The fraction of sp³-hybridized carbons (Fsp3) is 0.278. The summed E-state index contributed by atoms with van der Waals surface area (Å²) in [5.41, 5.74) is 2.93. The number of rotatable bonds is 3. The topological polar surface area (TPSA) is 64.0 Å². The first kappa shape index (κ1) is 15.1. The van der Waals surface area contributed by atoms with Crippen LogP contribution in [0.4, 0.5) is 5.13 Å². The summed E-state index contributed by atoms with van der Waals surface area (Å²) in [4.78, 5) is 29.4. The number of thiazole rings is 1. The molecule has 1 amide bonds. The molecule has 24 heavy (non-hydrogen) atoms. The number of benzene rings is 1. The van der Waals surface area contributed by atoms with Crippen LogP contribution >= 0.6 is 11.3 Å². The van der Waals surface area contributed by atoms with E-state index >= 15 is 0 Å². The smallest absolute Gasteiger partial charge is 0.230 e. The van der Waals surface area contributed by atoms with Crippen molar-refractivity contribution < 1.29 is 9.59 Å². The minimum Gasteiger partial charge on any atom is -0.350 e. The molecule has 1 N–H and O–H groups in total. The number of aromatic nitrogens is 2. The van der Waals surface area contributed by atoms with E-state index in [1.165, 1.54) is 11.3 Å². The molecule has 0 unspecified atom stereocenters. The molecule has 1 aromatic carbocycles. The van der Waals surface area contributed by atoms with E-state index in [0.717, 1.165) is 35.0 Å². The molecule has 122 valence electrons. The minimum atomic E-state index is -0.107. The molecular formula is C18H17N3O2S. The Bertz CT molecular complexity index is 954. The first-order chi connectivity index (χ1) is 11.6. The number of fused-ring (bicyclic) bond motifs is 2. The molecule has 3 aromatic rings. The molecule has 1 aliphatic carbocycles. The van der Waals surface area contributed by atoms with Crippen molar-refractivity contribution in [3.63, 3.8) is 0 Å². The van der Waals surface area contributed by atoms with E-state index < -0.39 is 0 Å². The summed E-state index contributed by atoms with van der Waals surface area (Å²) in [6, 6.07) is 8.03. The highest BCUT2D eigenvalue weighted by molar-refractivity contribution is 7.17. The molecule has 0 atom stereocenters. The van der Waals surface area contributed by atoms with Gasteiger partial charge < -0.3 is 9.88 Å². The Kier molecular flexibility index (Phi) is 3.69. The van der Waals surface area contributed by atoms with Gasteiger partial charge in [-0.15, -0.1) is 0 Å². The van der Waals surface area contributed by atoms with Crippen molar-refractivity contribution in [3.8, 4) is 0 Å². The van der Waals surface area contributed by atoms with Crippen LogP contribution in [0.3, 0.4) is 0 Å². The van der Waals surface area contributed by atoms with Crippen molar-refractivity contribution in [3.05, 3.63) is 46.6 Å². The normalized spacial score (nSPS) is 14.0. The lowest BCUT2D eigenvalue weighted by molar-refractivity contribution is -0.115. The fourth-order valence-electron chi connectivity index (χ4n) is 3.23. The number of hydrogen-bond acceptors (Lipinski definition) is 4. The van der Waals surface area contributed by atoms with Gasteiger partial charge in [-0.25, -0.2) is 4.98 Å². The summed E-state index contributed by atoms with van der Waals surface area (Å²) in [5, 5.41) is 4.46. The van der Waals surface area contributed by atoms with Crippen LogP contribution in [0.15, 0.2) is 30.5 Å². The molecule has 0 bridgehead atoms. The summed E-state index contributed by atoms with van der Waals surface area (Å²) in [6.07, 6.45) is 4.52. The van der Waals surface area contributed by atoms with Crippen molar-refractivity contribution in [1.82, 2.24) is 9.55 Å². The van der Waals surface area contributed by atoms with E-state index in [4.69, 9.17) is 0 Å². The van der Waals surface area contributed by atoms with E-state index in [1.807, 2.05) is 42.1 Å². The van der Waals surface area contributed by atoms with Gasteiger partial charge in [0, 0.05) is 30.6 Å². The molecule has 0 saturated carbocycles.